The molecule has 5 nitrogen and oxygen atoms in total. The first kappa shape index (κ1) is 18.7. The van der Waals surface area contributed by atoms with Gasteiger partial charge in [-0.05, 0) is 38.1 Å². The van der Waals surface area contributed by atoms with E-state index in [0.29, 0.717) is 12.5 Å². The van der Waals surface area contributed by atoms with Crippen LogP contribution >= 0.6 is 0 Å². The minimum atomic E-state index is 0.0701. The number of hydrogen-bond acceptors (Lipinski definition) is 2. The van der Waals surface area contributed by atoms with Crippen LogP contribution in [0.25, 0.3) is 0 Å². The molecule has 1 aromatic carbocycles. The van der Waals surface area contributed by atoms with Gasteiger partial charge in [-0.15, -0.1) is 0 Å². The second-order valence-corrected chi connectivity index (χ2v) is 7.50. The predicted molar refractivity (Wildman–Crippen MR) is 102 cm³/mol. The molecular formula is C21H31N3O2+2. The number of amides is 1. The van der Waals surface area contributed by atoms with Crippen molar-refractivity contribution in [1.82, 2.24) is 0 Å². The zero-order valence-corrected chi connectivity index (χ0v) is 15.8. The summed E-state index contributed by atoms with van der Waals surface area (Å²) in [7, 11) is 0. The number of nitrogens with one attached hydrogen (secondary N) is 2. The lowest BCUT2D eigenvalue weighted by Gasteiger charge is -2.22. The van der Waals surface area contributed by atoms with Crippen LogP contribution in [-0.2, 0) is 4.79 Å². The number of quaternary nitrogens is 2. The highest BCUT2D eigenvalue weighted by molar-refractivity contribution is 5.90. The summed E-state index contributed by atoms with van der Waals surface area (Å²) in [4.78, 5) is 13.9. The smallest absolute Gasteiger partial charge is 0.230 e. The first-order chi connectivity index (χ1) is 12.6. The summed E-state index contributed by atoms with van der Waals surface area (Å²) in [6.45, 7) is 7.53. The maximum atomic E-state index is 12.3. The lowest BCUT2D eigenvalue weighted by atomic mass is 10.1. The van der Waals surface area contributed by atoms with Crippen molar-refractivity contribution in [3.63, 3.8) is 0 Å². The van der Waals surface area contributed by atoms with Crippen molar-refractivity contribution in [3.8, 4) is 0 Å². The molecule has 0 spiro atoms. The van der Waals surface area contributed by atoms with Crippen LogP contribution in [0, 0.1) is 6.92 Å². The van der Waals surface area contributed by atoms with Gasteiger partial charge in [-0.3, -0.25) is 4.79 Å². The first-order valence-electron chi connectivity index (χ1n) is 9.69. The SMILES string of the molecule is Cc1ccc(NC(=O)C[C@H](C)[NH2+]C[C@@H](c2ccco2)[NH+]2CCCC2)cc1. The van der Waals surface area contributed by atoms with Crippen LogP contribution in [0.3, 0.4) is 0 Å². The minimum Gasteiger partial charge on any atom is -0.463 e. The highest BCUT2D eigenvalue weighted by atomic mass is 16.3. The molecule has 2 aromatic rings. The molecule has 0 radical (unpaired) electrons. The van der Waals surface area contributed by atoms with Crippen molar-refractivity contribution < 1.29 is 19.4 Å². The Morgan fingerprint density at radius 2 is 1.96 bits per heavy atom. The number of hydrogen-bond donors (Lipinski definition) is 3. The number of benzene rings is 1. The molecule has 0 saturated carbocycles. The topological polar surface area (TPSA) is 63.3 Å². The number of anilines is 1. The first-order valence-corrected chi connectivity index (χ1v) is 9.69. The second kappa shape index (κ2) is 9.01. The van der Waals surface area contributed by atoms with Gasteiger partial charge in [0.2, 0.25) is 5.91 Å². The predicted octanol–water partition coefficient (Wildman–Crippen LogP) is 1.29. The average Bonchev–Trinajstić information content (AvgIpc) is 3.31. The maximum absolute atomic E-state index is 12.3. The van der Waals surface area contributed by atoms with E-state index in [1.54, 1.807) is 11.2 Å². The van der Waals surface area contributed by atoms with E-state index in [1.807, 2.05) is 37.3 Å². The number of likely N-dealkylation sites (tertiary alicyclic amines) is 1. The summed E-state index contributed by atoms with van der Waals surface area (Å²) in [6, 6.07) is 12.6. The molecule has 2 heterocycles. The molecule has 0 aliphatic carbocycles. The van der Waals surface area contributed by atoms with Gasteiger partial charge in [0.15, 0.2) is 11.8 Å². The Labute approximate surface area is 155 Å². The molecule has 1 saturated heterocycles. The van der Waals surface area contributed by atoms with Crippen molar-refractivity contribution in [3.05, 3.63) is 54.0 Å². The quantitative estimate of drug-likeness (QED) is 0.667. The summed E-state index contributed by atoms with van der Waals surface area (Å²) in [5.41, 5.74) is 2.06. The van der Waals surface area contributed by atoms with E-state index in [1.165, 1.54) is 31.5 Å². The molecule has 1 aromatic heterocycles. The van der Waals surface area contributed by atoms with Gasteiger partial charge in [0.1, 0.15) is 6.54 Å². The zero-order valence-electron chi connectivity index (χ0n) is 15.8. The van der Waals surface area contributed by atoms with Crippen LogP contribution in [0.1, 0.15) is 43.6 Å². The Hall–Kier alpha value is -2.11. The Bertz CT molecular complexity index is 676. The third kappa shape index (κ3) is 5.19. The zero-order chi connectivity index (χ0) is 18.4. The molecule has 0 unspecified atom stereocenters. The highest BCUT2D eigenvalue weighted by Gasteiger charge is 2.31. The van der Waals surface area contributed by atoms with E-state index >= 15 is 0 Å². The molecule has 1 fully saturated rings. The van der Waals surface area contributed by atoms with E-state index < -0.39 is 0 Å². The van der Waals surface area contributed by atoms with Gasteiger partial charge in [-0.2, -0.15) is 0 Å². The van der Waals surface area contributed by atoms with E-state index in [-0.39, 0.29) is 11.9 Å². The van der Waals surface area contributed by atoms with Crippen molar-refractivity contribution in [2.75, 3.05) is 25.0 Å². The minimum absolute atomic E-state index is 0.0701. The monoisotopic (exact) mass is 357 g/mol. The number of furan rings is 1. The van der Waals surface area contributed by atoms with Gasteiger partial charge in [-0.25, -0.2) is 0 Å². The molecule has 1 aliphatic rings. The summed E-state index contributed by atoms with van der Waals surface area (Å²) in [5, 5.41) is 5.27. The Morgan fingerprint density at radius 1 is 1.23 bits per heavy atom. The average molecular weight is 357 g/mol. The van der Waals surface area contributed by atoms with Gasteiger partial charge in [0.25, 0.3) is 0 Å². The number of rotatable bonds is 8. The van der Waals surface area contributed by atoms with Gasteiger partial charge in [0.05, 0.1) is 31.8 Å². The second-order valence-electron chi connectivity index (χ2n) is 7.50. The molecule has 2 atom stereocenters. The van der Waals surface area contributed by atoms with Crippen LogP contribution in [0.2, 0.25) is 0 Å². The van der Waals surface area contributed by atoms with Crippen LogP contribution in [-0.4, -0.2) is 31.6 Å². The molecule has 26 heavy (non-hydrogen) atoms. The standard InChI is InChI=1S/C21H29N3O2/c1-16-7-9-18(10-8-16)23-21(25)14-17(2)22-15-19(20-6-5-13-26-20)24-11-3-4-12-24/h5-10,13,17,19,22H,3-4,11-12,14-15H2,1-2H3,(H,23,25)/p+2/t17-,19-/m0/s1. The molecule has 1 amide bonds. The Morgan fingerprint density at radius 3 is 2.62 bits per heavy atom. The maximum Gasteiger partial charge on any atom is 0.230 e. The number of aryl methyl sites for hydroxylation is 1. The molecule has 0 bridgehead atoms. The third-order valence-electron chi connectivity index (χ3n) is 5.24. The van der Waals surface area contributed by atoms with Crippen molar-refractivity contribution in [2.24, 2.45) is 0 Å². The molecular weight excluding hydrogens is 326 g/mol. The van der Waals surface area contributed by atoms with Gasteiger partial charge in [-0.1, -0.05) is 17.7 Å². The van der Waals surface area contributed by atoms with Crippen LogP contribution in [0.5, 0.6) is 0 Å². The lowest BCUT2D eigenvalue weighted by Crippen LogP contribution is -3.13. The van der Waals surface area contributed by atoms with Crippen molar-refractivity contribution >= 4 is 11.6 Å². The fraction of sp³-hybridized carbons (Fsp3) is 0.476. The molecule has 3 rings (SSSR count). The molecule has 4 N–H and O–H groups in total. The summed E-state index contributed by atoms with van der Waals surface area (Å²) in [6.07, 6.45) is 4.85. The van der Waals surface area contributed by atoms with Gasteiger partial charge < -0.3 is 20.0 Å². The number of carbonyl (C=O) groups excluding carboxylic acids is 1. The molecule has 140 valence electrons. The van der Waals surface area contributed by atoms with E-state index in [2.05, 4.69) is 23.6 Å². The number of carbonyl (C=O) groups is 1. The van der Waals surface area contributed by atoms with Gasteiger partial charge in [0, 0.05) is 18.5 Å². The largest absolute Gasteiger partial charge is 0.463 e. The van der Waals surface area contributed by atoms with E-state index in [4.69, 9.17) is 4.42 Å². The van der Waals surface area contributed by atoms with E-state index in [0.717, 1.165) is 18.0 Å². The highest BCUT2D eigenvalue weighted by Crippen LogP contribution is 2.11. The number of nitrogens with two attached hydrogens (primary N) is 1. The summed E-state index contributed by atoms with van der Waals surface area (Å²) < 4.78 is 5.69. The molecule has 5 heteroatoms. The van der Waals surface area contributed by atoms with Crippen LogP contribution in [0.15, 0.2) is 47.1 Å². The van der Waals surface area contributed by atoms with Gasteiger partial charge >= 0.3 is 0 Å². The lowest BCUT2D eigenvalue weighted by molar-refractivity contribution is -0.937. The van der Waals surface area contributed by atoms with Crippen LogP contribution < -0.4 is 15.5 Å². The van der Waals surface area contributed by atoms with Crippen molar-refractivity contribution in [1.29, 1.82) is 0 Å². The Balaban J connectivity index is 1.49. The normalized spacial score (nSPS) is 17.2. The summed E-state index contributed by atoms with van der Waals surface area (Å²) >= 11 is 0. The summed E-state index contributed by atoms with van der Waals surface area (Å²) in [5.74, 6) is 1.13. The molecule has 1 aliphatic heterocycles. The van der Waals surface area contributed by atoms with Crippen molar-refractivity contribution in [2.45, 2.75) is 45.2 Å². The fourth-order valence-electron chi connectivity index (χ4n) is 3.74. The van der Waals surface area contributed by atoms with E-state index in [9.17, 15) is 4.79 Å². The Kier molecular flexibility index (Phi) is 6.47. The third-order valence-corrected chi connectivity index (χ3v) is 5.24. The van der Waals surface area contributed by atoms with Crippen LogP contribution in [0.4, 0.5) is 5.69 Å². The fourth-order valence-corrected chi connectivity index (χ4v) is 3.74.